The molecule has 2 aliphatic carbocycles. The molecule has 0 radical (unpaired) electrons. The summed E-state index contributed by atoms with van der Waals surface area (Å²) in [5, 5.41) is 6.96. The summed E-state index contributed by atoms with van der Waals surface area (Å²) >= 11 is 1.33. The molecule has 104 valence electrons. The van der Waals surface area contributed by atoms with Crippen molar-refractivity contribution in [1.29, 1.82) is 0 Å². The van der Waals surface area contributed by atoms with E-state index in [1.807, 2.05) is 0 Å². The summed E-state index contributed by atoms with van der Waals surface area (Å²) in [5.74, 6) is 0.187. The van der Waals surface area contributed by atoms with Crippen LogP contribution < -0.4 is 16.4 Å². The standard InChI is InChI=1S/C12H18N4O2S/c1-18-8-4-7(5-8)14-11(17)9-10(13)16-12(19-9)15-6-2-3-6/h6-8H,2-5,13H2,1H3,(H,14,17)(H,15,16). The van der Waals surface area contributed by atoms with Gasteiger partial charge in [0, 0.05) is 19.2 Å². The van der Waals surface area contributed by atoms with Crippen molar-refractivity contribution in [1.82, 2.24) is 10.3 Å². The normalized spacial score (nSPS) is 25.7. The maximum Gasteiger partial charge on any atom is 0.265 e. The van der Waals surface area contributed by atoms with E-state index in [4.69, 9.17) is 10.5 Å². The van der Waals surface area contributed by atoms with Gasteiger partial charge in [0.2, 0.25) is 0 Å². The molecule has 0 atom stereocenters. The number of anilines is 2. The van der Waals surface area contributed by atoms with Gasteiger partial charge in [-0.15, -0.1) is 0 Å². The molecule has 4 N–H and O–H groups in total. The summed E-state index contributed by atoms with van der Waals surface area (Å²) in [6, 6.07) is 0.703. The Morgan fingerprint density at radius 3 is 2.79 bits per heavy atom. The molecule has 6 nitrogen and oxygen atoms in total. The molecular weight excluding hydrogens is 264 g/mol. The number of carbonyl (C=O) groups is 1. The second-order valence-corrected chi connectivity index (χ2v) is 6.15. The van der Waals surface area contributed by atoms with Crippen LogP contribution in [0.4, 0.5) is 10.9 Å². The highest BCUT2D eigenvalue weighted by molar-refractivity contribution is 7.18. The predicted molar refractivity (Wildman–Crippen MR) is 74.5 cm³/mol. The molecule has 0 bridgehead atoms. The third-order valence-corrected chi connectivity index (χ3v) is 4.53. The summed E-state index contributed by atoms with van der Waals surface area (Å²) in [4.78, 5) is 16.8. The topological polar surface area (TPSA) is 89.3 Å². The zero-order chi connectivity index (χ0) is 13.4. The number of carbonyl (C=O) groups excluding carboxylic acids is 1. The van der Waals surface area contributed by atoms with Crippen LogP contribution >= 0.6 is 11.3 Å². The molecule has 0 unspecified atom stereocenters. The molecule has 0 aromatic carbocycles. The fourth-order valence-corrected chi connectivity index (χ4v) is 2.95. The highest BCUT2D eigenvalue weighted by Crippen LogP contribution is 2.31. The zero-order valence-corrected chi connectivity index (χ0v) is 11.6. The average molecular weight is 282 g/mol. The minimum Gasteiger partial charge on any atom is -0.382 e. The molecule has 2 saturated carbocycles. The van der Waals surface area contributed by atoms with Gasteiger partial charge in [0.05, 0.1) is 6.10 Å². The molecule has 7 heteroatoms. The molecule has 1 aromatic rings. The monoisotopic (exact) mass is 282 g/mol. The number of aromatic nitrogens is 1. The summed E-state index contributed by atoms with van der Waals surface area (Å²) in [6.45, 7) is 0. The quantitative estimate of drug-likeness (QED) is 0.755. The largest absolute Gasteiger partial charge is 0.382 e. The van der Waals surface area contributed by atoms with Crippen LogP contribution in [-0.4, -0.2) is 36.2 Å². The SMILES string of the molecule is COC1CC(NC(=O)c2sc(NC3CC3)nc2N)C1. The number of nitrogens with two attached hydrogens (primary N) is 1. The molecular formula is C12H18N4O2S. The van der Waals surface area contributed by atoms with Crippen LogP contribution in [0.1, 0.15) is 35.4 Å². The van der Waals surface area contributed by atoms with E-state index in [2.05, 4.69) is 15.6 Å². The van der Waals surface area contributed by atoms with Crippen LogP contribution in [0.2, 0.25) is 0 Å². The molecule has 19 heavy (non-hydrogen) atoms. The minimum atomic E-state index is -0.126. The van der Waals surface area contributed by atoms with Gasteiger partial charge in [-0.2, -0.15) is 0 Å². The van der Waals surface area contributed by atoms with Crippen LogP contribution in [0.3, 0.4) is 0 Å². The molecule has 2 fully saturated rings. The van der Waals surface area contributed by atoms with Gasteiger partial charge >= 0.3 is 0 Å². The number of hydrogen-bond donors (Lipinski definition) is 3. The van der Waals surface area contributed by atoms with Gasteiger partial charge in [0.15, 0.2) is 5.13 Å². The number of ether oxygens (including phenoxy) is 1. The zero-order valence-electron chi connectivity index (χ0n) is 10.8. The van der Waals surface area contributed by atoms with E-state index >= 15 is 0 Å². The summed E-state index contributed by atoms with van der Waals surface area (Å²) in [5.41, 5.74) is 5.80. The Labute approximate surface area is 115 Å². The molecule has 0 saturated heterocycles. The first-order valence-electron chi connectivity index (χ1n) is 6.52. The first-order valence-corrected chi connectivity index (χ1v) is 7.34. The molecule has 1 aromatic heterocycles. The van der Waals surface area contributed by atoms with Crippen molar-refractivity contribution in [2.75, 3.05) is 18.2 Å². The van der Waals surface area contributed by atoms with Crippen molar-refractivity contribution in [2.24, 2.45) is 0 Å². The van der Waals surface area contributed by atoms with Crippen LogP contribution in [0.25, 0.3) is 0 Å². The first-order chi connectivity index (χ1) is 9.15. The average Bonchev–Trinajstić information content (AvgIpc) is 3.05. The molecule has 1 heterocycles. The van der Waals surface area contributed by atoms with E-state index in [-0.39, 0.29) is 18.1 Å². The van der Waals surface area contributed by atoms with E-state index < -0.39 is 0 Å². The summed E-state index contributed by atoms with van der Waals surface area (Å²) in [6.07, 6.45) is 4.35. The van der Waals surface area contributed by atoms with Crippen molar-refractivity contribution in [3.05, 3.63) is 4.88 Å². The lowest BCUT2D eigenvalue weighted by atomic mass is 9.89. The minimum absolute atomic E-state index is 0.126. The molecule has 0 spiro atoms. The van der Waals surface area contributed by atoms with Crippen LogP contribution in [0, 0.1) is 0 Å². The molecule has 3 rings (SSSR count). The number of amides is 1. The van der Waals surface area contributed by atoms with E-state index in [9.17, 15) is 4.79 Å². The number of nitrogen functional groups attached to an aromatic ring is 1. The Bertz CT molecular complexity index is 480. The van der Waals surface area contributed by atoms with Crippen LogP contribution in [0.5, 0.6) is 0 Å². The van der Waals surface area contributed by atoms with Gasteiger partial charge in [-0.1, -0.05) is 11.3 Å². The lowest BCUT2D eigenvalue weighted by molar-refractivity contribution is 0.0177. The second kappa shape index (κ2) is 4.97. The van der Waals surface area contributed by atoms with E-state index in [1.54, 1.807) is 7.11 Å². The van der Waals surface area contributed by atoms with Crippen molar-refractivity contribution < 1.29 is 9.53 Å². The predicted octanol–water partition coefficient (Wildman–Crippen LogP) is 1.21. The van der Waals surface area contributed by atoms with Crippen molar-refractivity contribution in [3.63, 3.8) is 0 Å². The Balaban J connectivity index is 1.58. The van der Waals surface area contributed by atoms with Crippen LogP contribution in [-0.2, 0) is 4.74 Å². The van der Waals surface area contributed by atoms with E-state index in [1.165, 1.54) is 24.2 Å². The Morgan fingerprint density at radius 2 is 2.16 bits per heavy atom. The van der Waals surface area contributed by atoms with Gasteiger partial charge < -0.3 is 21.1 Å². The fourth-order valence-electron chi connectivity index (χ4n) is 2.09. The number of methoxy groups -OCH3 is 1. The van der Waals surface area contributed by atoms with Crippen LogP contribution in [0.15, 0.2) is 0 Å². The van der Waals surface area contributed by atoms with Gasteiger partial charge in [-0.3, -0.25) is 4.79 Å². The maximum atomic E-state index is 12.1. The first kappa shape index (κ1) is 12.7. The number of hydrogen-bond acceptors (Lipinski definition) is 6. The highest BCUT2D eigenvalue weighted by Gasteiger charge is 2.31. The Hall–Kier alpha value is -1.34. The Morgan fingerprint density at radius 1 is 1.42 bits per heavy atom. The number of thiazole rings is 1. The summed E-state index contributed by atoms with van der Waals surface area (Å²) < 4.78 is 5.19. The van der Waals surface area contributed by atoms with E-state index in [0.29, 0.717) is 16.7 Å². The van der Waals surface area contributed by atoms with E-state index in [0.717, 1.165) is 18.0 Å². The lowest BCUT2D eigenvalue weighted by Crippen LogP contribution is -2.47. The molecule has 0 aliphatic heterocycles. The second-order valence-electron chi connectivity index (χ2n) is 5.15. The van der Waals surface area contributed by atoms with Crippen molar-refractivity contribution in [2.45, 2.75) is 43.9 Å². The Kier molecular flexibility index (Phi) is 3.32. The van der Waals surface area contributed by atoms with Gasteiger partial charge in [-0.25, -0.2) is 4.98 Å². The number of nitrogens with one attached hydrogen (secondary N) is 2. The third kappa shape index (κ3) is 2.82. The highest BCUT2D eigenvalue weighted by atomic mass is 32.1. The van der Waals surface area contributed by atoms with Gasteiger partial charge in [0.1, 0.15) is 10.7 Å². The van der Waals surface area contributed by atoms with Gasteiger partial charge in [-0.05, 0) is 25.7 Å². The van der Waals surface area contributed by atoms with Gasteiger partial charge in [0.25, 0.3) is 5.91 Å². The fraction of sp³-hybridized carbons (Fsp3) is 0.667. The third-order valence-electron chi connectivity index (χ3n) is 3.53. The summed E-state index contributed by atoms with van der Waals surface area (Å²) in [7, 11) is 1.69. The lowest BCUT2D eigenvalue weighted by Gasteiger charge is -2.34. The number of nitrogens with zero attached hydrogens (tertiary/aromatic N) is 1. The molecule has 2 aliphatic rings. The smallest absolute Gasteiger partial charge is 0.265 e. The van der Waals surface area contributed by atoms with Crippen molar-refractivity contribution in [3.8, 4) is 0 Å². The maximum absolute atomic E-state index is 12.1. The number of rotatable bonds is 5. The molecule has 1 amide bonds. The van der Waals surface area contributed by atoms with Crippen molar-refractivity contribution >= 4 is 28.2 Å².